The molecular formula is C33H40N8O7. The van der Waals surface area contributed by atoms with Crippen LogP contribution in [0.15, 0.2) is 53.3 Å². The van der Waals surface area contributed by atoms with Gasteiger partial charge in [0.15, 0.2) is 6.61 Å². The zero-order valence-corrected chi connectivity index (χ0v) is 27.1. The number of hydrogen-bond acceptors (Lipinski definition) is 10. The molecule has 5 heterocycles. The topological polar surface area (TPSA) is 198 Å². The maximum atomic E-state index is 13.6. The van der Waals surface area contributed by atoms with Crippen molar-refractivity contribution in [3.05, 3.63) is 60.2 Å². The van der Waals surface area contributed by atoms with Crippen molar-refractivity contribution >= 4 is 29.5 Å². The van der Waals surface area contributed by atoms with Crippen molar-refractivity contribution < 1.29 is 33.2 Å². The van der Waals surface area contributed by atoms with Crippen LogP contribution in [0.25, 0.3) is 11.4 Å². The van der Waals surface area contributed by atoms with Gasteiger partial charge in [-0.1, -0.05) is 31.1 Å². The van der Waals surface area contributed by atoms with Crippen LogP contribution in [0.3, 0.4) is 0 Å². The number of amides is 5. The van der Waals surface area contributed by atoms with Crippen molar-refractivity contribution in [1.29, 1.82) is 0 Å². The first-order chi connectivity index (χ1) is 23.1. The molecular weight excluding hydrogens is 620 g/mol. The molecule has 0 radical (unpaired) electrons. The molecule has 48 heavy (non-hydrogen) atoms. The first kappa shape index (κ1) is 34.0. The molecule has 2 bridgehead atoms. The van der Waals surface area contributed by atoms with Gasteiger partial charge < -0.3 is 35.4 Å². The van der Waals surface area contributed by atoms with E-state index < -0.39 is 47.8 Å². The Balaban J connectivity index is 1.30. The molecule has 4 N–H and O–H groups in total. The monoisotopic (exact) mass is 660 g/mol. The average molecular weight is 661 g/mol. The van der Waals surface area contributed by atoms with Gasteiger partial charge in [0.25, 0.3) is 5.91 Å². The van der Waals surface area contributed by atoms with E-state index in [9.17, 15) is 24.0 Å². The molecule has 1 saturated heterocycles. The summed E-state index contributed by atoms with van der Waals surface area (Å²) in [5.74, 6) is -1.49. The van der Waals surface area contributed by atoms with Crippen LogP contribution in [0, 0.1) is 5.92 Å². The highest BCUT2D eigenvalue weighted by Gasteiger charge is 2.39. The number of rotatable bonds is 6. The number of hydrogen-bond donors (Lipinski definition) is 4. The van der Waals surface area contributed by atoms with E-state index in [1.807, 2.05) is 13.8 Å². The van der Waals surface area contributed by atoms with Crippen LogP contribution in [-0.4, -0.2) is 93.4 Å². The minimum Gasteiger partial charge on any atom is -0.484 e. The predicted molar refractivity (Wildman–Crippen MR) is 171 cm³/mol. The fraction of sp³-hybridized carbons (Fsp3) is 0.455. The molecule has 15 nitrogen and oxygen atoms in total. The van der Waals surface area contributed by atoms with Gasteiger partial charge in [0, 0.05) is 43.9 Å². The molecule has 0 saturated carbocycles. The second-order valence-corrected chi connectivity index (χ2v) is 12.2. The van der Waals surface area contributed by atoms with Crippen LogP contribution < -0.4 is 26.0 Å². The summed E-state index contributed by atoms with van der Waals surface area (Å²) >= 11 is 0. The highest BCUT2D eigenvalue weighted by Crippen LogP contribution is 2.21. The Morgan fingerprint density at radius 1 is 1.06 bits per heavy atom. The first-order valence-corrected chi connectivity index (χ1v) is 16.0. The lowest BCUT2D eigenvalue weighted by Gasteiger charge is -2.31. The van der Waals surface area contributed by atoms with E-state index in [1.54, 1.807) is 48.8 Å². The Morgan fingerprint density at radius 2 is 1.85 bits per heavy atom. The molecule has 1 fully saturated rings. The lowest BCUT2D eigenvalue weighted by molar-refractivity contribution is -0.143. The Labute approximate surface area is 277 Å². The van der Waals surface area contributed by atoms with Crippen molar-refractivity contribution in [2.75, 3.05) is 19.7 Å². The van der Waals surface area contributed by atoms with E-state index in [2.05, 4.69) is 36.4 Å². The van der Waals surface area contributed by atoms with Crippen LogP contribution >= 0.6 is 0 Å². The van der Waals surface area contributed by atoms with Crippen LogP contribution in [0.4, 0.5) is 0 Å². The van der Waals surface area contributed by atoms with Gasteiger partial charge >= 0.3 is 0 Å². The van der Waals surface area contributed by atoms with Crippen LogP contribution in [0.2, 0.25) is 0 Å². The fourth-order valence-corrected chi connectivity index (χ4v) is 5.58. The molecule has 4 atom stereocenters. The van der Waals surface area contributed by atoms with E-state index >= 15 is 0 Å². The van der Waals surface area contributed by atoms with Gasteiger partial charge in [0.05, 0.1) is 0 Å². The van der Waals surface area contributed by atoms with E-state index in [0.717, 1.165) is 0 Å². The summed E-state index contributed by atoms with van der Waals surface area (Å²) in [5, 5.41) is 15.0. The normalized spacial score (nSPS) is 22.5. The average Bonchev–Trinajstić information content (AvgIpc) is 3.77. The summed E-state index contributed by atoms with van der Waals surface area (Å²) in [5.41, 5.74) is 1.41. The number of pyridine rings is 1. The number of ether oxygens (including phenoxy) is 1. The maximum absolute atomic E-state index is 13.6. The minimum atomic E-state index is -1.01. The molecule has 2 aromatic heterocycles. The Hall–Kier alpha value is -5.34. The molecule has 0 aliphatic carbocycles. The minimum absolute atomic E-state index is 0.131. The third-order valence-electron chi connectivity index (χ3n) is 8.23. The number of carbonyl (C=O) groups excluding carboxylic acids is 5. The molecule has 5 amide bonds. The van der Waals surface area contributed by atoms with Crippen LogP contribution in [0.1, 0.15) is 45.1 Å². The largest absolute Gasteiger partial charge is 0.484 e. The van der Waals surface area contributed by atoms with Gasteiger partial charge in [-0.05, 0) is 55.5 Å². The van der Waals surface area contributed by atoms with Crippen molar-refractivity contribution in [2.24, 2.45) is 5.92 Å². The summed E-state index contributed by atoms with van der Waals surface area (Å²) in [6, 6.07) is 6.67. The highest BCUT2D eigenvalue weighted by molar-refractivity contribution is 5.96. The Morgan fingerprint density at radius 3 is 2.58 bits per heavy atom. The number of benzene rings is 1. The van der Waals surface area contributed by atoms with Crippen molar-refractivity contribution in [3.8, 4) is 17.1 Å². The lowest BCUT2D eigenvalue weighted by Crippen LogP contribution is -2.58. The molecule has 254 valence electrons. The van der Waals surface area contributed by atoms with Crippen molar-refractivity contribution in [3.63, 3.8) is 0 Å². The molecule has 15 heteroatoms. The number of carbonyl (C=O) groups is 5. The van der Waals surface area contributed by atoms with E-state index in [0.29, 0.717) is 48.0 Å². The van der Waals surface area contributed by atoms with Crippen molar-refractivity contribution in [1.82, 2.24) is 41.3 Å². The number of nitrogens with one attached hydrogen (secondary N) is 4. The van der Waals surface area contributed by atoms with E-state index in [4.69, 9.17) is 9.26 Å². The zero-order chi connectivity index (χ0) is 34.2. The first-order valence-electron chi connectivity index (χ1n) is 16.0. The Kier molecular flexibility index (Phi) is 11.0. The van der Waals surface area contributed by atoms with E-state index in [-0.39, 0.29) is 37.8 Å². The van der Waals surface area contributed by atoms with Gasteiger partial charge in [-0.25, -0.2) is 0 Å². The molecule has 0 unspecified atom stereocenters. The quantitative estimate of drug-likeness (QED) is 0.290. The second-order valence-electron chi connectivity index (χ2n) is 12.2. The van der Waals surface area contributed by atoms with Crippen LogP contribution in [-0.2, 0) is 36.8 Å². The summed E-state index contributed by atoms with van der Waals surface area (Å²) in [7, 11) is 0. The van der Waals surface area contributed by atoms with Gasteiger partial charge in [-0.15, -0.1) is 0 Å². The SMILES string of the molecule is CC(C)[C@H]1NC(=O)COc2ccc(cc2)C[C@@H](C(=O)NCCc2nc(-c3cccnc3)no2)NC(=O)[C@H](C)NC(=O)[C@@H]2CCCN2C1=O. The van der Waals surface area contributed by atoms with E-state index in [1.165, 1.54) is 11.8 Å². The smallest absolute Gasteiger partial charge is 0.258 e. The van der Waals surface area contributed by atoms with Crippen LogP contribution in [0.5, 0.6) is 5.75 Å². The molecule has 1 aromatic carbocycles. The summed E-state index contributed by atoms with van der Waals surface area (Å²) in [6.07, 6.45) is 4.64. The van der Waals surface area contributed by atoms with Crippen molar-refractivity contribution in [2.45, 2.75) is 70.6 Å². The number of fused-ring (bicyclic) bond motifs is 13. The summed E-state index contributed by atoms with van der Waals surface area (Å²) < 4.78 is 11.0. The lowest BCUT2D eigenvalue weighted by atomic mass is 10.0. The fourth-order valence-electron chi connectivity index (χ4n) is 5.58. The molecule has 6 rings (SSSR count). The molecule has 3 aliphatic rings. The zero-order valence-electron chi connectivity index (χ0n) is 27.1. The van der Waals surface area contributed by atoms with Gasteiger partial charge in [-0.2, -0.15) is 4.98 Å². The molecule has 0 spiro atoms. The maximum Gasteiger partial charge on any atom is 0.258 e. The third kappa shape index (κ3) is 8.52. The standard InChI is InChI=1S/C33H40N8O7/c1-19(2)28-33(46)41-15-5-7-25(41)32(45)36-20(3)30(43)37-24(16-21-8-10-23(11-9-21)47-18-26(42)38-28)31(44)35-14-12-27-39-29(40-48-27)22-6-4-13-34-17-22/h4,6,8-11,13,17,19-20,24-25,28H,5,7,12,14-16,18H2,1-3H3,(H,35,44)(H,36,45)(H,37,43)(H,38,42)/t20-,24-,25-,28+/m0/s1. The molecule has 3 aliphatic heterocycles. The predicted octanol–water partition coefficient (Wildman–Crippen LogP) is 0.547. The second kappa shape index (κ2) is 15.5. The number of nitrogens with zero attached hydrogens (tertiary/aromatic N) is 4. The van der Waals surface area contributed by atoms with Gasteiger partial charge in [0.2, 0.25) is 35.3 Å². The Bertz CT molecular complexity index is 1610. The van der Waals surface area contributed by atoms with Gasteiger partial charge in [-0.3, -0.25) is 29.0 Å². The van der Waals surface area contributed by atoms with Gasteiger partial charge in [0.1, 0.15) is 29.9 Å². The molecule has 3 aromatic rings. The highest BCUT2D eigenvalue weighted by atomic mass is 16.5. The number of aromatic nitrogens is 3. The third-order valence-corrected chi connectivity index (χ3v) is 8.23. The summed E-state index contributed by atoms with van der Waals surface area (Å²) in [4.78, 5) is 76.3. The summed E-state index contributed by atoms with van der Waals surface area (Å²) in [6.45, 7) is 5.33.